The average molecular weight is 691 g/mol. The van der Waals surface area contributed by atoms with Gasteiger partial charge in [-0.3, -0.25) is 0 Å². The van der Waals surface area contributed by atoms with Crippen molar-refractivity contribution in [1.82, 2.24) is 0 Å². The molecule has 0 saturated heterocycles. The van der Waals surface area contributed by atoms with Crippen LogP contribution in [0.25, 0.3) is 54.9 Å². The van der Waals surface area contributed by atoms with Gasteiger partial charge in [0.25, 0.3) is 0 Å². The van der Waals surface area contributed by atoms with Crippen LogP contribution in [0.2, 0.25) is 0 Å². The Hall–Kier alpha value is -6.20. The minimum absolute atomic E-state index is 0.0494. The standard InChI is InChI=1S/C49H38O4/c50-25-27-52-43-19-15-41(16-20-43)49(42-17-21-44(22-18-42)53-28-26-51)47-31-39(37-11-9-33-5-1-3-7-35(33)29-37)13-23-45(47)46-24-14-40(32-48(46)49)38-12-10-34-6-2-4-8-36(34)30-38/h1-24,29-32,50-51H,25-28H2. The van der Waals surface area contributed by atoms with Crippen LogP contribution < -0.4 is 9.47 Å². The molecule has 0 spiro atoms. The molecule has 4 nitrogen and oxygen atoms in total. The summed E-state index contributed by atoms with van der Waals surface area (Å²) in [4.78, 5) is 0. The van der Waals surface area contributed by atoms with Gasteiger partial charge in [-0.15, -0.1) is 0 Å². The van der Waals surface area contributed by atoms with Crippen LogP contribution in [-0.2, 0) is 5.41 Å². The van der Waals surface area contributed by atoms with Crippen molar-refractivity contribution in [2.24, 2.45) is 0 Å². The van der Waals surface area contributed by atoms with Crippen molar-refractivity contribution in [3.63, 3.8) is 0 Å². The van der Waals surface area contributed by atoms with Gasteiger partial charge in [-0.1, -0.05) is 121 Å². The molecule has 0 aliphatic heterocycles. The Morgan fingerprint density at radius 3 is 1.17 bits per heavy atom. The number of fused-ring (bicyclic) bond motifs is 5. The molecular formula is C49H38O4. The lowest BCUT2D eigenvalue weighted by Crippen LogP contribution is -2.28. The number of aliphatic hydroxyl groups is 2. The monoisotopic (exact) mass is 690 g/mol. The molecule has 1 aliphatic carbocycles. The van der Waals surface area contributed by atoms with E-state index in [2.05, 4.69) is 146 Å². The third-order valence-corrected chi connectivity index (χ3v) is 10.6. The largest absolute Gasteiger partial charge is 0.491 e. The lowest BCUT2D eigenvalue weighted by Gasteiger charge is -2.34. The Morgan fingerprint density at radius 2 is 0.755 bits per heavy atom. The van der Waals surface area contributed by atoms with Gasteiger partial charge in [-0.05, 0) is 126 Å². The van der Waals surface area contributed by atoms with E-state index in [-0.39, 0.29) is 26.4 Å². The van der Waals surface area contributed by atoms with Gasteiger partial charge >= 0.3 is 0 Å². The van der Waals surface area contributed by atoms with Crippen LogP contribution in [0, 0.1) is 0 Å². The summed E-state index contributed by atoms with van der Waals surface area (Å²) in [7, 11) is 0. The highest BCUT2D eigenvalue weighted by molar-refractivity contribution is 5.93. The van der Waals surface area contributed by atoms with Gasteiger partial charge in [0.2, 0.25) is 0 Å². The summed E-state index contributed by atoms with van der Waals surface area (Å²) < 4.78 is 11.7. The fraction of sp³-hybridized carbons (Fsp3) is 0.102. The van der Waals surface area contributed by atoms with E-state index in [1.54, 1.807) is 0 Å². The van der Waals surface area contributed by atoms with Crippen molar-refractivity contribution in [2.45, 2.75) is 5.41 Å². The summed E-state index contributed by atoms with van der Waals surface area (Å²) in [6.45, 7) is 0.365. The molecule has 4 heteroatoms. The average Bonchev–Trinajstić information content (AvgIpc) is 3.51. The number of aliphatic hydroxyl groups excluding tert-OH is 2. The molecule has 0 atom stereocenters. The Morgan fingerprint density at radius 1 is 0.377 bits per heavy atom. The van der Waals surface area contributed by atoms with Gasteiger partial charge in [0, 0.05) is 0 Å². The molecule has 0 saturated carbocycles. The molecular weight excluding hydrogens is 653 g/mol. The fourth-order valence-electron chi connectivity index (χ4n) is 8.14. The van der Waals surface area contributed by atoms with E-state index in [0.717, 1.165) is 33.4 Å². The van der Waals surface area contributed by atoms with Crippen molar-refractivity contribution in [3.8, 4) is 44.9 Å². The van der Waals surface area contributed by atoms with Crippen molar-refractivity contribution in [3.05, 3.63) is 192 Å². The first-order valence-corrected chi connectivity index (χ1v) is 18.1. The lowest BCUT2D eigenvalue weighted by atomic mass is 9.67. The molecule has 1 aliphatic rings. The van der Waals surface area contributed by atoms with Crippen LogP contribution in [0.5, 0.6) is 11.5 Å². The first-order chi connectivity index (χ1) is 26.1. The molecule has 0 unspecified atom stereocenters. The molecule has 0 aromatic heterocycles. The Kier molecular flexibility index (Phi) is 8.47. The van der Waals surface area contributed by atoms with Crippen LogP contribution in [-0.4, -0.2) is 36.6 Å². The molecule has 8 aromatic rings. The summed E-state index contributed by atoms with van der Waals surface area (Å²) >= 11 is 0. The molecule has 258 valence electrons. The molecule has 0 heterocycles. The first kappa shape index (κ1) is 32.7. The Labute approximate surface area is 309 Å². The van der Waals surface area contributed by atoms with Crippen LogP contribution in [0.3, 0.4) is 0 Å². The van der Waals surface area contributed by atoms with E-state index < -0.39 is 5.41 Å². The lowest BCUT2D eigenvalue weighted by molar-refractivity contribution is 0.201. The molecule has 0 bridgehead atoms. The minimum atomic E-state index is -0.699. The van der Waals surface area contributed by atoms with Gasteiger partial charge in [0.15, 0.2) is 0 Å². The molecule has 53 heavy (non-hydrogen) atoms. The van der Waals surface area contributed by atoms with E-state index in [4.69, 9.17) is 9.47 Å². The maximum absolute atomic E-state index is 9.45. The normalized spacial score (nSPS) is 12.8. The van der Waals surface area contributed by atoms with Crippen LogP contribution in [0.15, 0.2) is 170 Å². The third kappa shape index (κ3) is 5.73. The van der Waals surface area contributed by atoms with E-state index in [1.165, 1.54) is 43.8 Å². The number of benzene rings is 8. The first-order valence-electron chi connectivity index (χ1n) is 18.1. The van der Waals surface area contributed by atoms with Gasteiger partial charge in [0.1, 0.15) is 24.7 Å². The van der Waals surface area contributed by atoms with Crippen LogP contribution in [0.1, 0.15) is 22.3 Å². The summed E-state index contributed by atoms with van der Waals surface area (Å²) in [5.41, 5.74) is 10.9. The number of hydrogen-bond donors (Lipinski definition) is 2. The zero-order valence-electron chi connectivity index (χ0n) is 29.2. The molecule has 2 N–H and O–H groups in total. The number of ether oxygens (including phenoxy) is 2. The predicted molar refractivity (Wildman–Crippen MR) is 215 cm³/mol. The van der Waals surface area contributed by atoms with Gasteiger partial charge in [0.05, 0.1) is 18.6 Å². The highest BCUT2D eigenvalue weighted by Gasteiger charge is 2.46. The highest BCUT2D eigenvalue weighted by atomic mass is 16.5. The van der Waals surface area contributed by atoms with Crippen LogP contribution >= 0.6 is 0 Å². The maximum Gasteiger partial charge on any atom is 0.119 e. The zero-order chi connectivity index (χ0) is 35.8. The second-order valence-corrected chi connectivity index (χ2v) is 13.6. The summed E-state index contributed by atoms with van der Waals surface area (Å²) in [5.74, 6) is 1.41. The van der Waals surface area contributed by atoms with Crippen molar-refractivity contribution in [2.75, 3.05) is 26.4 Å². The third-order valence-electron chi connectivity index (χ3n) is 10.6. The zero-order valence-corrected chi connectivity index (χ0v) is 29.2. The Balaban J connectivity index is 1.30. The Bertz CT molecular complexity index is 2410. The van der Waals surface area contributed by atoms with E-state index in [1.807, 2.05) is 24.3 Å². The van der Waals surface area contributed by atoms with Crippen molar-refractivity contribution < 1.29 is 19.7 Å². The van der Waals surface area contributed by atoms with E-state index in [0.29, 0.717) is 11.5 Å². The minimum Gasteiger partial charge on any atom is -0.491 e. The van der Waals surface area contributed by atoms with Gasteiger partial charge in [-0.2, -0.15) is 0 Å². The maximum atomic E-state index is 9.45. The van der Waals surface area contributed by atoms with E-state index in [9.17, 15) is 10.2 Å². The molecule has 0 fully saturated rings. The molecule has 9 rings (SSSR count). The topological polar surface area (TPSA) is 58.9 Å². The SMILES string of the molecule is OCCOc1ccc(C2(c3ccc(OCCO)cc3)c3cc(-c4ccc5ccccc5c4)ccc3-c3ccc(-c4ccc5ccccc5c4)cc32)cc1. The van der Waals surface area contributed by atoms with Crippen LogP contribution in [0.4, 0.5) is 0 Å². The van der Waals surface area contributed by atoms with Crippen molar-refractivity contribution >= 4 is 21.5 Å². The quantitative estimate of drug-likeness (QED) is 0.150. The van der Waals surface area contributed by atoms with Gasteiger partial charge < -0.3 is 19.7 Å². The number of rotatable bonds is 10. The summed E-state index contributed by atoms with van der Waals surface area (Å²) in [6.07, 6.45) is 0. The van der Waals surface area contributed by atoms with Crippen molar-refractivity contribution in [1.29, 1.82) is 0 Å². The number of hydrogen-bond acceptors (Lipinski definition) is 4. The summed E-state index contributed by atoms with van der Waals surface area (Å²) in [6, 6.07) is 60.8. The van der Waals surface area contributed by atoms with E-state index >= 15 is 0 Å². The fourth-order valence-corrected chi connectivity index (χ4v) is 8.14. The second-order valence-electron chi connectivity index (χ2n) is 13.6. The highest BCUT2D eigenvalue weighted by Crippen LogP contribution is 2.57. The predicted octanol–water partition coefficient (Wildman–Crippen LogP) is 10.4. The molecule has 0 amide bonds. The van der Waals surface area contributed by atoms with Gasteiger partial charge in [-0.25, -0.2) is 0 Å². The molecule has 8 aromatic carbocycles. The second kappa shape index (κ2) is 13.7. The smallest absolute Gasteiger partial charge is 0.119 e. The summed E-state index contributed by atoms with van der Waals surface area (Å²) in [5, 5.41) is 23.7. The molecule has 0 radical (unpaired) electrons.